The molecule has 250 valence electrons. The molecule has 0 amide bonds. The number of alkyl halides is 6. The minimum atomic E-state index is -6.16. The van der Waals surface area contributed by atoms with Gasteiger partial charge in [-0.1, -0.05) is 30.3 Å². The second kappa shape index (κ2) is 13.2. The van der Waals surface area contributed by atoms with Gasteiger partial charge in [0.1, 0.15) is 17.3 Å². The third-order valence-electron chi connectivity index (χ3n) is 7.94. The molecule has 0 unspecified atom stereocenters. The molecule has 4 rings (SSSR count). The summed E-state index contributed by atoms with van der Waals surface area (Å²) in [5, 5.41) is 19.9. The molecular formula is C31H30F7NO6S. The number of para-hydroxylation sites is 1. The zero-order valence-electron chi connectivity index (χ0n) is 24.3. The molecule has 0 saturated heterocycles. The largest absolute Gasteiger partial charge is 0.496 e. The minimum Gasteiger partial charge on any atom is -0.496 e. The number of methoxy groups -OCH3 is 1. The van der Waals surface area contributed by atoms with Crippen LogP contribution >= 0.6 is 0 Å². The van der Waals surface area contributed by atoms with E-state index in [0.717, 1.165) is 40.2 Å². The molecule has 3 aromatic rings. The highest BCUT2D eigenvalue weighted by atomic mass is 32.2. The maximum Gasteiger partial charge on any atom is 0.430 e. The summed E-state index contributed by atoms with van der Waals surface area (Å²) < 4.78 is 129. The van der Waals surface area contributed by atoms with Gasteiger partial charge < -0.3 is 14.9 Å². The van der Waals surface area contributed by atoms with Gasteiger partial charge in [-0.25, -0.2) is 12.8 Å². The Morgan fingerprint density at radius 3 is 2.22 bits per heavy atom. The van der Waals surface area contributed by atoms with E-state index < -0.39 is 68.4 Å². The molecule has 15 heteroatoms. The normalized spacial score (nSPS) is 16.6. The van der Waals surface area contributed by atoms with Gasteiger partial charge in [-0.2, -0.15) is 26.3 Å². The van der Waals surface area contributed by atoms with Gasteiger partial charge in [-0.05, 0) is 72.7 Å². The van der Waals surface area contributed by atoms with Crippen molar-refractivity contribution in [2.75, 3.05) is 18.0 Å². The van der Waals surface area contributed by atoms with Crippen LogP contribution < -0.4 is 9.04 Å². The van der Waals surface area contributed by atoms with Crippen LogP contribution in [0.1, 0.15) is 36.0 Å². The fourth-order valence-electron chi connectivity index (χ4n) is 5.63. The Labute approximate surface area is 260 Å². The lowest BCUT2D eigenvalue weighted by Gasteiger charge is -2.39. The number of ether oxygens (including phenoxy) is 1. The van der Waals surface area contributed by atoms with Crippen LogP contribution in [0.5, 0.6) is 5.75 Å². The maximum absolute atomic E-state index is 13.9. The standard InChI is InChI=1S/C31H30F7NO6S/c1-45-28-5-3-2-4-21(28)14-19(18-40)15-25(41)17-24-10-6-20-16-22(29(42,30(33,34)35)31(36,37)38)7-13-27(20)39(24)46(43,44)26-11-8-23(32)9-12-26/h2-5,7-9,11-13,16,19,24,40,42H,6,10,14-15,17-18H2,1H3/t19-,24+/m1/s1. The number of aryl methyl sites for hydroxylation is 1. The summed E-state index contributed by atoms with van der Waals surface area (Å²) in [4.78, 5) is 12.9. The summed E-state index contributed by atoms with van der Waals surface area (Å²) in [5.41, 5.74) is -6.61. The number of hydrogen-bond donors (Lipinski definition) is 2. The van der Waals surface area contributed by atoms with Crippen molar-refractivity contribution in [2.24, 2.45) is 5.92 Å². The van der Waals surface area contributed by atoms with Crippen LogP contribution in [0.25, 0.3) is 0 Å². The Morgan fingerprint density at radius 1 is 1.00 bits per heavy atom. The number of rotatable bonds is 11. The van der Waals surface area contributed by atoms with Gasteiger partial charge in [-0.15, -0.1) is 0 Å². The van der Waals surface area contributed by atoms with Crippen molar-refractivity contribution in [1.29, 1.82) is 0 Å². The van der Waals surface area contributed by atoms with Crippen molar-refractivity contribution in [1.82, 2.24) is 0 Å². The van der Waals surface area contributed by atoms with E-state index >= 15 is 0 Å². The van der Waals surface area contributed by atoms with Crippen molar-refractivity contribution in [3.8, 4) is 5.75 Å². The summed E-state index contributed by atoms with van der Waals surface area (Å²) in [7, 11) is -3.18. The molecule has 2 atom stereocenters. The van der Waals surface area contributed by atoms with Gasteiger partial charge in [0.2, 0.25) is 0 Å². The Bertz CT molecular complexity index is 1650. The summed E-state index contributed by atoms with van der Waals surface area (Å²) in [6.45, 7) is -0.390. The maximum atomic E-state index is 13.9. The lowest BCUT2D eigenvalue weighted by Crippen LogP contribution is -2.54. The highest BCUT2D eigenvalue weighted by Crippen LogP contribution is 2.51. The first kappa shape index (κ1) is 35.2. The Morgan fingerprint density at radius 2 is 1.63 bits per heavy atom. The average Bonchev–Trinajstić information content (AvgIpc) is 2.99. The van der Waals surface area contributed by atoms with Crippen LogP contribution in [0.3, 0.4) is 0 Å². The lowest BCUT2D eigenvalue weighted by molar-refractivity contribution is -0.376. The summed E-state index contributed by atoms with van der Waals surface area (Å²) in [5.74, 6) is -1.26. The molecule has 0 radical (unpaired) electrons. The Hall–Kier alpha value is -3.69. The molecule has 0 fully saturated rings. The average molecular weight is 678 g/mol. The lowest BCUT2D eigenvalue weighted by atomic mass is 9.86. The Kier molecular flexibility index (Phi) is 10.1. The topological polar surface area (TPSA) is 104 Å². The molecule has 1 heterocycles. The Balaban J connectivity index is 1.71. The van der Waals surface area contributed by atoms with Crippen LogP contribution in [0, 0.1) is 11.7 Å². The van der Waals surface area contributed by atoms with Crippen LogP contribution in [0.15, 0.2) is 71.6 Å². The first-order valence-electron chi connectivity index (χ1n) is 14.0. The minimum absolute atomic E-state index is 0.175. The molecule has 3 aromatic carbocycles. The predicted octanol–water partition coefficient (Wildman–Crippen LogP) is 5.86. The van der Waals surface area contributed by atoms with Gasteiger partial charge >= 0.3 is 12.4 Å². The summed E-state index contributed by atoms with van der Waals surface area (Å²) in [6.07, 6.45) is -13.1. The number of fused-ring (bicyclic) bond motifs is 1. The monoisotopic (exact) mass is 677 g/mol. The number of sulfonamides is 1. The highest BCUT2D eigenvalue weighted by molar-refractivity contribution is 7.92. The number of hydrogen-bond acceptors (Lipinski definition) is 6. The number of anilines is 1. The zero-order chi connectivity index (χ0) is 34.1. The molecule has 1 aliphatic rings. The molecule has 0 aromatic heterocycles. The number of ketones is 1. The zero-order valence-corrected chi connectivity index (χ0v) is 25.1. The number of carbonyl (C=O) groups excluding carboxylic acids is 1. The number of nitrogens with zero attached hydrogens (tertiary/aromatic N) is 1. The SMILES string of the molecule is COc1ccccc1C[C@@H](CO)CC(=O)C[C@@H]1CCc2cc(C(O)(C(F)(F)F)C(F)(F)F)ccc2N1S(=O)(=O)c1ccc(F)cc1. The second-order valence-corrected chi connectivity index (χ2v) is 12.8. The van der Waals surface area contributed by atoms with Crippen molar-refractivity contribution in [3.05, 3.63) is 89.2 Å². The van der Waals surface area contributed by atoms with Gasteiger partial charge in [0.25, 0.3) is 15.6 Å². The molecule has 0 bridgehead atoms. The molecule has 46 heavy (non-hydrogen) atoms. The fourth-order valence-corrected chi connectivity index (χ4v) is 7.35. The van der Waals surface area contributed by atoms with Gasteiger partial charge in [0.15, 0.2) is 0 Å². The van der Waals surface area contributed by atoms with Crippen molar-refractivity contribution >= 4 is 21.5 Å². The van der Waals surface area contributed by atoms with E-state index in [1.807, 2.05) is 0 Å². The van der Waals surface area contributed by atoms with E-state index in [1.165, 1.54) is 7.11 Å². The quantitative estimate of drug-likeness (QED) is 0.247. The van der Waals surface area contributed by atoms with E-state index in [0.29, 0.717) is 17.9 Å². The van der Waals surface area contributed by atoms with E-state index in [-0.39, 0.29) is 43.5 Å². The number of benzene rings is 3. The van der Waals surface area contributed by atoms with Crippen LogP contribution in [0.2, 0.25) is 0 Å². The van der Waals surface area contributed by atoms with E-state index in [4.69, 9.17) is 4.74 Å². The summed E-state index contributed by atoms with van der Waals surface area (Å²) >= 11 is 0. The third-order valence-corrected chi connectivity index (χ3v) is 9.82. The number of aliphatic hydroxyl groups excluding tert-OH is 1. The fraction of sp³-hybridized carbons (Fsp3) is 0.387. The molecular weight excluding hydrogens is 647 g/mol. The van der Waals surface area contributed by atoms with E-state index in [2.05, 4.69) is 0 Å². The number of Topliss-reactive ketones (excluding diaryl/α,β-unsaturated/α-hetero) is 1. The molecule has 2 N–H and O–H groups in total. The third kappa shape index (κ3) is 6.86. The first-order valence-corrected chi connectivity index (χ1v) is 15.4. The highest BCUT2D eigenvalue weighted by Gasteiger charge is 2.71. The molecule has 0 spiro atoms. The van der Waals surface area contributed by atoms with Crippen molar-refractivity contribution in [3.63, 3.8) is 0 Å². The molecule has 0 aliphatic carbocycles. The van der Waals surface area contributed by atoms with Gasteiger partial charge in [0.05, 0.1) is 23.7 Å². The van der Waals surface area contributed by atoms with Crippen LogP contribution in [-0.4, -0.2) is 56.5 Å². The summed E-state index contributed by atoms with van der Waals surface area (Å²) in [6, 6.07) is 10.9. The second-order valence-electron chi connectivity index (χ2n) is 11.0. The number of halogens is 7. The van der Waals surface area contributed by atoms with Gasteiger partial charge in [0, 0.05) is 25.0 Å². The first-order chi connectivity index (χ1) is 21.4. The molecule has 7 nitrogen and oxygen atoms in total. The smallest absolute Gasteiger partial charge is 0.430 e. The van der Waals surface area contributed by atoms with Crippen molar-refractivity contribution in [2.45, 2.75) is 61.0 Å². The van der Waals surface area contributed by atoms with E-state index in [9.17, 15) is 54.2 Å². The van der Waals surface area contributed by atoms with Crippen LogP contribution in [-0.2, 0) is 33.3 Å². The molecule has 1 aliphatic heterocycles. The number of aliphatic hydroxyl groups is 2. The number of carbonyl (C=O) groups is 1. The predicted molar refractivity (Wildman–Crippen MR) is 152 cm³/mol. The van der Waals surface area contributed by atoms with Gasteiger partial charge in [-0.3, -0.25) is 9.10 Å². The van der Waals surface area contributed by atoms with Crippen molar-refractivity contribution < 1.29 is 58.9 Å². The van der Waals surface area contributed by atoms with Crippen LogP contribution in [0.4, 0.5) is 36.4 Å². The van der Waals surface area contributed by atoms with E-state index in [1.54, 1.807) is 24.3 Å². The molecule has 0 saturated carbocycles.